The van der Waals surface area contributed by atoms with E-state index in [0.29, 0.717) is 13.0 Å². The van der Waals surface area contributed by atoms with Gasteiger partial charge in [0.1, 0.15) is 0 Å². The van der Waals surface area contributed by atoms with E-state index in [1.54, 1.807) is 0 Å². The Morgan fingerprint density at radius 2 is 2.19 bits per heavy atom. The molecule has 0 aliphatic carbocycles. The number of esters is 1. The number of nitrogen functional groups attached to an aromatic ring is 1. The topological polar surface area (TPSA) is 52.3 Å². The summed E-state index contributed by atoms with van der Waals surface area (Å²) in [5, 5.41) is 0. The first-order valence-electron chi connectivity index (χ1n) is 5.68. The molecule has 3 nitrogen and oxygen atoms in total. The zero-order chi connectivity index (χ0) is 12.0. The Morgan fingerprint density at radius 3 is 2.75 bits per heavy atom. The second kappa shape index (κ2) is 6.16. The molecule has 16 heavy (non-hydrogen) atoms. The lowest BCUT2D eigenvalue weighted by Gasteiger charge is -2.13. The van der Waals surface area contributed by atoms with E-state index in [1.807, 2.05) is 38.1 Å². The van der Waals surface area contributed by atoms with Crippen LogP contribution in [0.3, 0.4) is 0 Å². The summed E-state index contributed by atoms with van der Waals surface area (Å²) >= 11 is 0. The van der Waals surface area contributed by atoms with E-state index in [4.69, 9.17) is 10.5 Å². The lowest BCUT2D eigenvalue weighted by molar-refractivity contribution is -0.148. The van der Waals surface area contributed by atoms with Gasteiger partial charge in [0, 0.05) is 5.69 Å². The highest BCUT2D eigenvalue weighted by Crippen LogP contribution is 2.16. The molecule has 0 bridgehead atoms. The smallest absolute Gasteiger partial charge is 0.309 e. The highest BCUT2D eigenvalue weighted by molar-refractivity contribution is 5.72. The molecule has 0 saturated heterocycles. The third kappa shape index (κ3) is 3.57. The maximum atomic E-state index is 11.6. The van der Waals surface area contributed by atoms with Crippen molar-refractivity contribution in [2.45, 2.75) is 26.7 Å². The molecule has 1 atom stereocenters. The van der Waals surface area contributed by atoms with Crippen LogP contribution in [0.2, 0.25) is 0 Å². The first-order valence-corrected chi connectivity index (χ1v) is 5.68. The Bertz CT molecular complexity index is 350. The van der Waals surface area contributed by atoms with Gasteiger partial charge in [-0.05, 0) is 37.5 Å². The van der Waals surface area contributed by atoms with Crippen LogP contribution < -0.4 is 5.73 Å². The Kier molecular flexibility index (Phi) is 4.83. The van der Waals surface area contributed by atoms with Crippen LogP contribution in [-0.2, 0) is 16.0 Å². The first kappa shape index (κ1) is 12.6. The molecule has 0 amide bonds. The van der Waals surface area contributed by atoms with E-state index in [1.165, 1.54) is 0 Å². The Labute approximate surface area is 96.6 Å². The van der Waals surface area contributed by atoms with Crippen molar-refractivity contribution in [1.29, 1.82) is 0 Å². The molecule has 1 aromatic carbocycles. The van der Waals surface area contributed by atoms with E-state index in [0.717, 1.165) is 17.7 Å². The summed E-state index contributed by atoms with van der Waals surface area (Å²) in [6.07, 6.45) is 1.48. The van der Waals surface area contributed by atoms with Crippen molar-refractivity contribution in [3.63, 3.8) is 0 Å². The lowest BCUT2D eigenvalue weighted by atomic mass is 9.97. The maximum absolute atomic E-state index is 11.6. The van der Waals surface area contributed by atoms with Gasteiger partial charge in [0.05, 0.1) is 12.5 Å². The third-order valence-electron chi connectivity index (χ3n) is 2.55. The highest BCUT2D eigenvalue weighted by atomic mass is 16.5. The summed E-state index contributed by atoms with van der Waals surface area (Å²) in [7, 11) is 0. The van der Waals surface area contributed by atoms with E-state index >= 15 is 0 Å². The normalized spacial score (nSPS) is 12.1. The maximum Gasteiger partial charge on any atom is 0.309 e. The number of anilines is 1. The molecule has 0 saturated carbocycles. The largest absolute Gasteiger partial charge is 0.466 e. The number of benzene rings is 1. The molecule has 0 spiro atoms. The predicted molar refractivity (Wildman–Crippen MR) is 65.0 cm³/mol. The van der Waals surface area contributed by atoms with E-state index < -0.39 is 0 Å². The van der Waals surface area contributed by atoms with Gasteiger partial charge in [-0.15, -0.1) is 0 Å². The van der Waals surface area contributed by atoms with Gasteiger partial charge in [-0.1, -0.05) is 19.1 Å². The van der Waals surface area contributed by atoms with Crippen molar-refractivity contribution in [3.8, 4) is 0 Å². The molecule has 2 N–H and O–H groups in total. The Hall–Kier alpha value is -1.51. The molecule has 0 heterocycles. The summed E-state index contributed by atoms with van der Waals surface area (Å²) in [6.45, 7) is 4.26. The van der Waals surface area contributed by atoms with Gasteiger partial charge < -0.3 is 10.5 Å². The molecule has 1 unspecified atom stereocenters. The first-order chi connectivity index (χ1) is 7.67. The number of hydrogen-bond acceptors (Lipinski definition) is 3. The summed E-state index contributed by atoms with van der Waals surface area (Å²) in [5.41, 5.74) is 7.51. The molecule has 1 rings (SSSR count). The summed E-state index contributed by atoms with van der Waals surface area (Å²) < 4.78 is 5.03. The minimum atomic E-state index is -0.118. The van der Waals surface area contributed by atoms with E-state index in [2.05, 4.69) is 0 Å². The minimum absolute atomic E-state index is 0.0678. The fraction of sp³-hybridized carbons (Fsp3) is 0.462. The summed E-state index contributed by atoms with van der Waals surface area (Å²) in [4.78, 5) is 11.6. The van der Waals surface area contributed by atoms with E-state index in [-0.39, 0.29) is 11.9 Å². The van der Waals surface area contributed by atoms with Crippen LogP contribution in [0.5, 0.6) is 0 Å². The molecule has 3 heteroatoms. The standard InChI is InChI=1S/C13H19NO2/c1-3-11(13(15)16-4-2)8-10-6-5-7-12(14)9-10/h5-7,9,11H,3-4,8,14H2,1-2H3. The number of nitrogens with two attached hydrogens (primary N) is 1. The van der Waals surface area contributed by atoms with Gasteiger partial charge in [0.15, 0.2) is 0 Å². The average Bonchev–Trinajstić information content (AvgIpc) is 2.26. The fourth-order valence-electron chi connectivity index (χ4n) is 1.66. The van der Waals surface area contributed by atoms with Crippen LogP contribution in [0.1, 0.15) is 25.8 Å². The third-order valence-corrected chi connectivity index (χ3v) is 2.55. The van der Waals surface area contributed by atoms with Crippen molar-refractivity contribution in [2.75, 3.05) is 12.3 Å². The molecule has 0 aromatic heterocycles. The van der Waals surface area contributed by atoms with Gasteiger partial charge in [-0.2, -0.15) is 0 Å². The van der Waals surface area contributed by atoms with Gasteiger partial charge in [0.25, 0.3) is 0 Å². The summed E-state index contributed by atoms with van der Waals surface area (Å²) in [6, 6.07) is 7.64. The van der Waals surface area contributed by atoms with Crippen LogP contribution in [0.4, 0.5) is 5.69 Å². The molecule has 88 valence electrons. The predicted octanol–water partition coefficient (Wildman–Crippen LogP) is 2.40. The van der Waals surface area contributed by atoms with Gasteiger partial charge in [-0.25, -0.2) is 0 Å². The number of carbonyl (C=O) groups excluding carboxylic acids is 1. The highest BCUT2D eigenvalue weighted by Gasteiger charge is 2.17. The SMILES string of the molecule is CCOC(=O)C(CC)Cc1cccc(N)c1. The molecule has 1 aromatic rings. The molecule has 0 fully saturated rings. The molecule has 0 aliphatic heterocycles. The number of carbonyl (C=O) groups is 1. The van der Waals surface area contributed by atoms with Crippen molar-refractivity contribution in [2.24, 2.45) is 5.92 Å². The van der Waals surface area contributed by atoms with Crippen LogP contribution in [0.15, 0.2) is 24.3 Å². The monoisotopic (exact) mass is 221 g/mol. The van der Waals surface area contributed by atoms with E-state index in [9.17, 15) is 4.79 Å². The fourth-order valence-corrected chi connectivity index (χ4v) is 1.66. The molecule has 0 radical (unpaired) electrons. The Balaban J connectivity index is 2.66. The molecule has 0 aliphatic rings. The number of ether oxygens (including phenoxy) is 1. The zero-order valence-corrected chi connectivity index (χ0v) is 9.90. The quantitative estimate of drug-likeness (QED) is 0.613. The van der Waals surface area contributed by atoms with Crippen LogP contribution >= 0.6 is 0 Å². The second-order valence-electron chi connectivity index (χ2n) is 3.81. The van der Waals surface area contributed by atoms with Crippen LogP contribution in [0.25, 0.3) is 0 Å². The van der Waals surface area contributed by atoms with Crippen molar-refractivity contribution < 1.29 is 9.53 Å². The summed E-state index contributed by atoms with van der Waals surface area (Å²) in [5.74, 6) is -0.186. The molecular weight excluding hydrogens is 202 g/mol. The van der Waals surface area contributed by atoms with Crippen molar-refractivity contribution in [1.82, 2.24) is 0 Å². The van der Waals surface area contributed by atoms with Crippen LogP contribution in [-0.4, -0.2) is 12.6 Å². The van der Waals surface area contributed by atoms with Gasteiger partial charge >= 0.3 is 5.97 Å². The van der Waals surface area contributed by atoms with Gasteiger partial charge in [-0.3, -0.25) is 4.79 Å². The number of rotatable bonds is 5. The second-order valence-corrected chi connectivity index (χ2v) is 3.81. The average molecular weight is 221 g/mol. The van der Waals surface area contributed by atoms with Gasteiger partial charge in [0.2, 0.25) is 0 Å². The van der Waals surface area contributed by atoms with Crippen molar-refractivity contribution >= 4 is 11.7 Å². The minimum Gasteiger partial charge on any atom is -0.466 e. The van der Waals surface area contributed by atoms with Crippen molar-refractivity contribution in [3.05, 3.63) is 29.8 Å². The van der Waals surface area contributed by atoms with Crippen LogP contribution in [0, 0.1) is 5.92 Å². The zero-order valence-electron chi connectivity index (χ0n) is 9.90. The lowest BCUT2D eigenvalue weighted by Crippen LogP contribution is -2.19. The molecular formula is C13H19NO2. The Morgan fingerprint density at radius 1 is 1.44 bits per heavy atom. The number of hydrogen-bond donors (Lipinski definition) is 1.